The minimum absolute atomic E-state index is 0.411. The van der Waals surface area contributed by atoms with Crippen molar-refractivity contribution >= 4 is 28.8 Å². The molecular weight excluding hydrogens is 242 g/mol. The molecule has 0 fully saturated rings. The van der Waals surface area contributed by atoms with E-state index < -0.39 is 0 Å². The first-order valence-electron chi connectivity index (χ1n) is 4.94. The summed E-state index contributed by atoms with van der Waals surface area (Å²) in [6, 6.07) is 5.74. The number of rotatable bonds is 3. The van der Waals surface area contributed by atoms with Crippen LogP contribution in [0.4, 0.5) is 5.82 Å². The second-order valence-electron chi connectivity index (χ2n) is 3.55. The molecule has 0 spiro atoms. The number of hydrogen-bond donors (Lipinski definition) is 1. The average Bonchev–Trinajstić information content (AvgIpc) is 2.58. The van der Waals surface area contributed by atoms with Gasteiger partial charge in [-0.25, -0.2) is 0 Å². The fraction of sp³-hybridized carbons (Fsp3) is 0.273. The van der Waals surface area contributed by atoms with Gasteiger partial charge in [0.05, 0.1) is 6.54 Å². The van der Waals surface area contributed by atoms with Crippen molar-refractivity contribution in [3.8, 4) is 0 Å². The molecule has 0 aromatic carbocycles. The van der Waals surface area contributed by atoms with Crippen LogP contribution >= 0.6 is 22.9 Å². The second-order valence-corrected chi connectivity index (χ2v) is 5.27. The third kappa shape index (κ3) is 2.71. The third-order valence-corrected chi connectivity index (χ3v) is 3.65. The number of thiophene rings is 1. The van der Waals surface area contributed by atoms with Crippen LogP contribution < -0.4 is 5.32 Å². The summed E-state index contributed by atoms with van der Waals surface area (Å²) in [5, 5.41) is 11.3. The van der Waals surface area contributed by atoms with E-state index in [0.29, 0.717) is 5.15 Å². The molecule has 0 saturated carbocycles. The molecule has 0 amide bonds. The number of anilines is 1. The number of nitrogens with zero attached hydrogens (tertiary/aromatic N) is 2. The van der Waals surface area contributed by atoms with Crippen LogP contribution in [-0.2, 0) is 6.54 Å². The molecule has 0 radical (unpaired) electrons. The van der Waals surface area contributed by atoms with Crippen molar-refractivity contribution in [2.45, 2.75) is 20.4 Å². The van der Waals surface area contributed by atoms with Gasteiger partial charge in [-0.1, -0.05) is 11.6 Å². The summed E-state index contributed by atoms with van der Waals surface area (Å²) in [5.41, 5.74) is 1.34. The van der Waals surface area contributed by atoms with Crippen LogP contribution in [0.1, 0.15) is 15.3 Å². The van der Waals surface area contributed by atoms with Crippen LogP contribution in [-0.4, -0.2) is 10.2 Å². The Balaban J connectivity index is 1.99. The van der Waals surface area contributed by atoms with Crippen LogP contribution in [0, 0.1) is 13.8 Å². The zero-order valence-electron chi connectivity index (χ0n) is 9.12. The van der Waals surface area contributed by atoms with Gasteiger partial charge in [-0.3, -0.25) is 0 Å². The molecule has 1 N–H and O–H groups in total. The molecule has 3 nitrogen and oxygen atoms in total. The highest BCUT2D eigenvalue weighted by Crippen LogP contribution is 2.21. The maximum absolute atomic E-state index is 5.65. The minimum Gasteiger partial charge on any atom is -0.364 e. The molecule has 0 saturated heterocycles. The van der Waals surface area contributed by atoms with E-state index in [1.165, 1.54) is 15.3 Å². The molecule has 0 atom stereocenters. The van der Waals surface area contributed by atoms with E-state index in [1.807, 2.05) is 6.07 Å². The smallest absolute Gasteiger partial charge is 0.151 e. The number of aryl methyl sites for hydroxylation is 2. The molecule has 2 aromatic rings. The Morgan fingerprint density at radius 3 is 2.69 bits per heavy atom. The van der Waals surface area contributed by atoms with Gasteiger partial charge >= 0.3 is 0 Å². The van der Waals surface area contributed by atoms with Gasteiger partial charge in [0.1, 0.15) is 5.82 Å². The van der Waals surface area contributed by atoms with Crippen LogP contribution in [0.15, 0.2) is 18.2 Å². The summed E-state index contributed by atoms with van der Waals surface area (Å²) in [5.74, 6) is 0.744. The standard InChI is InChI=1S/C11H12ClN3S/c1-7-5-9(16-8(7)2)6-13-11-4-3-10(12)14-15-11/h3-5H,6H2,1-2H3,(H,13,15). The predicted molar refractivity (Wildman–Crippen MR) is 68.2 cm³/mol. The summed E-state index contributed by atoms with van der Waals surface area (Å²) in [6.07, 6.45) is 0. The van der Waals surface area contributed by atoms with Crippen LogP contribution in [0.3, 0.4) is 0 Å². The lowest BCUT2D eigenvalue weighted by atomic mass is 10.3. The maximum Gasteiger partial charge on any atom is 0.151 e. The highest BCUT2D eigenvalue weighted by Gasteiger charge is 2.02. The van der Waals surface area contributed by atoms with E-state index in [1.54, 1.807) is 17.4 Å². The summed E-state index contributed by atoms with van der Waals surface area (Å²) in [7, 11) is 0. The summed E-state index contributed by atoms with van der Waals surface area (Å²) < 4.78 is 0. The van der Waals surface area contributed by atoms with Crippen molar-refractivity contribution in [3.05, 3.63) is 38.7 Å². The van der Waals surface area contributed by atoms with Gasteiger partial charge in [0.2, 0.25) is 0 Å². The fourth-order valence-electron chi connectivity index (χ4n) is 1.32. The van der Waals surface area contributed by atoms with E-state index in [-0.39, 0.29) is 0 Å². The topological polar surface area (TPSA) is 37.8 Å². The van der Waals surface area contributed by atoms with Gasteiger partial charge in [0.25, 0.3) is 0 Å². The monoisotopic (exact) mass is 253 g/mol. The summed E-state index contributed by atoms with van der Waals surface area (Å²) in [6.45, 7) is 5.03. The fourth-order valence-corrected chi connectivity index (χ4v) is 2.42. The Morgan fingerprint density at radius 2 is 2.12 bits per heavy atom. The normalized spacial score (nSPS) is 10.4. The molecule has 0 bridgehead atoms. The largest absolute Gasteiger partial charge is 0.364 e. The van der Waals surface area contributed by atoms with Crippen LogP contribution in [0.25, 0.3) is 0 Å². The number of aromatic nitrogens is 2. The molecular formula is C11H12ClN3S. The van der Waals surface area contributed by atoms with Crippen molar-refractivity contribution < 1.29 is 0 Å². The van der Waals surface area contributed by atoms with Gasteiger partial charge in [-0.2, -0.15) is 0 Å². The van der Waals surface area contributed by atoms with Crippen molar-refractivity contribution in [3.63, 3.8) is 0 Å². The quantitative estimate of drug-likeness (QED) is 0.911. The zero-order chi connectivity index (χ0) is 11.5. The molecule has 0 unspecified atom stereocenters. The number of nitrogens with one attached hydrogen (secondary N) is 1. The molecule has 16 heavy (non-hydrogen) atoms. The van der Waals surface area contributed by atoms with E-state index in [9.17, 15) is 0 Å². The van der Waals surface area contributed by atoms with Gasteiger partial charge in [-0.05, 0) is 37.6 Å². The summed E-state index contributed by atoms with van der Waals surface area (Å²) >= 11 is 7.45. The van der Waals surface area contributed by atoms with E-state index in [2.05, 4.69) is 35.4 Å². The highest BCUT2D eigenvalue weighted by molar-refractivity contribution is 7.12. The molecule has 2 heterocycles. The lowest BCUT2D eigenvalue weighted by Gasteiger charge is -2.01. The number of halogens is 1. The molecule has 2 aromatic heterocycles. The lowest BCUT2D eigenvalue weighted by Crippen LogP contribution is -2.00. The molecule has 2 rings (SSSR count). The first-order chi connectivity index (χ1) is 7.65. The maximum atomic E-state index is 5.65. The summed E-state index contributed by atoms with van der Waals surface area (Å²) in [4.78, 5) is 2.66. The van der Waals surface area contributed by atoms with E-state index >= 15 is 0 Å². The van der Waals surface area contributed by atoms with Crippen LogP contribution in [0.5, 0.6) is 0 Å². The first-order valence-corrected chi connectivity index (χ1v) is 6.13. The van der Waals surface area contributed by atoms with Gasteiger partial charge in [-0.15, -0.1) is 21.5 Å². The van der Waals surface area contributed by atoms with Crippen LogP contribution in [0.2, 0.25) is 5.15 Å². The van der Waals surface area contributed by atoms with Crippen molar-refractivity contribution in [2.75, 3.05) is 5.32 Å². The van der Waals surface area contributed by atoms with Gasteiger partial charge in [0.15, 0.2) is 5.15 Å². The predicted octanol–water partition coefficient (Wildman–Crippen LogP) is 3.42. The Labute approximate surface area is 103 Å². The SMILES string of the molecule is Cc1cc(CNc2ccc(Cl)nn2)sc1C. The zero-order valence-corrected chi connectivity index (χ0v) is 10.7. The second kappa shape index (κ2) is 4.80. The first kappa shape index (κ1) is 11.4. The lowest BCUT2D eigenvalue weighted by molar-refractivity contribution is 1.01. The molecule has 0 aliphatic carbocycles. The van der Waals surface area contributed by atoms with Crippen molar-refractivity contribution in [2.24, 2.45) is 0 Å². The highest BCUT2D eigenvalue weighted by atomic mass is 35.5. The van der Waals surface area contributed by atoms with E-state index in [4.69, 9.17) is 11.6 Å². The Bertz CT molecular complexity index is 459. The van der Waals surface area contributed by atoms with Gasteiger partial charge < -0.3 is 5.32 Å². The molecule has 84 valence electrons. The molecule has 0 aliphatic rings. The van der Waals surface area contributed by atoms with Crippen molar-refractivity contribution in [1.82, 2.24) is 10.2 Å². The Kier molecular flexibility index (Phi) is 3.41. The van der Waals surface area contributed by atoms with Gasteiger partial charge in [0, 0.05) is 9.75 Å². The van der Waals surface area contributed by atoms with E-state index in [0.717, 1.165) is 12.4 Å². The Morgan fingerprint density at radius 1 is 1.31 bits per heavy atom. The Hall–Kier alpha value is -1.13. The number of hydrogen-bond acceptors (Lipinski definition) is 4. The minimum atomic E-state index is 0.411. The molecule has 0 aliphatic heterocycles. The third-order valence-electron chi connectivity index (χ3n) is 2.29. The molecule has 5 heteroatoms. The van der Waals surface area contributed by atoms with Crippen molar-refractivity contribution in [1.29, 1.82) is 0 Å². The average molecular weight is 254 g/mol.